The fourth-order valence-corrected chi connectivity index (χ4v) is 2.54. The minimum Gasteiger partial charge on any atom is -0.486 e. The van der Waals surface area contributed by atoms with Crippen molar-refractivity contribution >= 4 is 11.7 Å². The van der Waals surface area contributed by atoms with Gasteiger partial charge in [0, 0.05) is 30.6 Å². The highest BCUT2D eigenvalue weighted by Crippen LogP contribution is 2.15. The van der Waals surface area contributed by atoms with E-state index in [1.54, 1.807) is 26.0 Å². The predicted octanol–water partition coefficient (Wildman–Crippen LogP) is 2.08. The number of aryl methyl sites for hydroxylation is 2. The second-order valence-corrected chi connectivity index (χ2v) is 7.22. The van der Waals surface area contributed by atoms with Gasteiger partial charge in [-0.25, -0.2) is 0 Å². The summed E-state index contributed by atoms with van der Waals surface area (Å²) < 4.78 is 10.8. The zero-order valence-electron chi connectivity index (χ0n) is 17.1. The first-order valence-electron chi connectivity index (χ1n) is 9.36. The van der Waals surface area contributed by atoms with E-state index in [0.717, 1.165) is 30.7 Å². The van der Waals surface area contributed by atoms with Gasteiger partial charge in [-0.1, -0.05) is 12.8 Å². The van der Waals surface area contributed by atoms with Crippen LogP contribution in [0.5, 0.6) is 5.75 Å². The molecule has 0 radical (unpaired) electrons. The van der Waals surface area contributed by atoms with E-state index < -0.39 is 11.6 Å². The maximum absolute atomic E-state index is 12.7. The molecule has 0 bridgehead atoms. The number of carbonyl (C=O) groups excluding carboxylic acids is 2. The number of nitrogens with zero attached hydrogens (tertiary/aromatic N) is 1. The van der Waals surface area contributed by atoms with Gasteiger partial charge in [-0.2, -0.15) is 0 Å². The van der Waals surface area contributed by atoms with Crippen molar-refractivity contribution in [1.82, 2.24) is 10.3 Å². The van der Waals surface area contributed by atoms with Crippen molar-refractivity contribution < 1.29 is 19.1 Å². The van der Waals surface area contributed by atoms with Crippen LogP contribution in [0.1, 0.15) is 50.9 Å². The van der Waals surface area contributed by atoms with E-state index in [9.17, 15) is 9.59 Å². The summed E-state index contributed by atoms with van der Waals surface area (Å²) >= 11 is 0. The number of carbonyl (C=O) groups is 2. The lowest BCUT2D eigenvalue weighted by molar-refractivity contribution is -0.142. The standard InChI is InChI=1S/C20H33N3O4/c1-14-11-16(12-15(2)22-14)27-13-18(24)17(9-7-6-8-10-21)23-19(25)20(3,4)26-5/h11-12,17H,6-10,13,21H2,1-5H3,(H,23,25)/t17-/m0/s1. The van der Waals surface area contributed by atoms with E-state index >= 15 is 0 Å². The highest BCUT2D eigenvalue weighted by atomic mass is 16.5. The van der Waals surface area contributed by atoms with Crippen LogP contribution in [0.3, 0.4) is 0 Å². The van der Waals surface area contributed by atoms with Crippen LogP contribution in [0.4, 0.5) is 0 Å². The Morgan fingerprint density at radius 2 is 1.81 bits per heavy atom. The number of pyridine rings is 1. The summed E-state index contributed by atoms with van der Waals surface area (Å²) in [7, 11) is 1.47. The molecule has 1 amide bonds. The molecule has 0 saturated carbocycles. The van der Waals surface area contributed by atoms with Crippen LogP contribution in [0.2, 0.25) is 0 Å². The van der Waals surface area contributed by atoms with Crippen molar-refractivity contribution in [2.75, 3.05) is 20.3 Å². The maximum Gasteiger partial charge on any atom is 0.252 e. The fourth-order valence-electron chi connectivity index (χ4n) is 2.54. The first kappa shape index (κ1) is 23.0. The summed E-state index contributed by atoms with van der Waals surface area (Å²) in [6.07, 6.45) is 3.15. The summed E-state index contributed by atoms with van der Waals surface area (Å²) in [5.74, 6) is 0.103. The molecule has 1 heterocycles. The van der Waals surface area contributed by atoms with Crippen LogP contribution in [-0.4, -0.2) is 48.6 Å². The van der Waals surface area contributed by atoms with Crippen LogP contribution < -0.4 is 15.8 Å². The van der Waals surface area contributed by atoms with Gasteiger partial charge in [0.05, 0.1) is 6.04 Å². The van der Waals surface area contributed by atoms with Crippen LogP contribution >= 0.6 is 0 Å². The molecular weight excluding hydrogens is 346 g/mol. The van der Waals surface area contributed by atoms with Gasteiger partial charge in [0.25, 0.3) is 5.91 Å². The molecule has 0 aliphatic carbocycles. The molecule has 1 aromatic rings. The average Bonchev–Trinajstić information content (AvgIpc) is 2.61. The number of nitrogens with two attached hydrogens (primary N) is 1. The van der Waals surface area contributed by atoms with E-state index in [0.29, 0.717) is 18.7 Å². The number of nitrogens with one attached hydrogen (secondary N) is 1. The Labute approximate surface area is 162 Å². The number of ether oxygens (including phenoxy) is 2. The molecule has 0 spiro atoms. The third-order valence-electron chi connectivity index (χ3n) is 4.38. The summed E-state index contributed by atoms with van der Waals surface area (Å²) in [4.78, 5) is 29.4. The van der Waals surface area contributed by atoms with Crippen LogP contribution in [-0.2, 0) is 14.3 Å². The Morgan fingerprint density at radius 1 is 1.19 bits per heavy atom. The number of amides is 1. The topological polar surface area (TPSA) is 104 Å². The van der Waals surface area contributed by atoms with Crippen molar-refractivity contribution in [3.8, 4) is 5.75 Å². The minimum atomic E-state index is -1.00. The number of rotatable bonds is 12. The van der Waals surface area contributed by atoms with Crippen LogP contribution in [0.15, 0.2) is 12.1 Å². The predicted molar refractivity (Wildman–Crippen MR) is 105 cm³/mol. The van der Waals surface area contributed by atoms with Gasteiger partial charge in [0.2, 0.25) is 0 Å². The lowest BCUT2D eigenvalue weighted by atomic mass is 10.0. The lowest BCUT2D eigenvalue weighted by Crippen LogP contribution is -2.51. The molecule has 0 saturated heterocycles. The first-order chi connectivity index (χ1) is 12.7. The smallest absolute Gasteiger partial charge is 0.252 e. The van der Waals surface area contributed by atoms with Gasteiger partial charge in [-0.05, 0) is 47.1 Å². The first-order valence-corrected chi connectivity index (χ1v) is 9.36. The van der Waals surface area contributed by atoms with Crippen molar-refractivity contribution in [2.24, 2.45) is 5.73 Å². The number of ketones is 1. The number of aromatic nitrogens is 1. The van der Waals surface area contributed by atoms with Crippen molar-refractivity contribution in [1.29, 1.82) is 0 Å². The molecule has 0 aromatic carbocycles. The molecule has 27 heavy (non-hydrogen) atoms. The second kappa shape index (κ2) is 11.0. The Kier molecular flexibility index (Phi) is 9.38. The number of hydrogen-bond acceptors (Lipinski definition) is 6. The Balaban J connectivity index is 2.74. The minimum absolute atomic E-state index is 0.113. The third-order valence-corrected chi connectivity index (χ3v) is 4.38. The Morgan fingerprint density at radius 3 is 2.37 bits per heavy atom. The summed E-state index contributed by atoms with van der Waals surface area (Å²) in [6, 6.07) is 2.94. The molecule has 7 heteroatoms. The molecule has 1 aromatic heterocycles. The molecule has 152 valence electrons. The lowest BCUT2D eigenvalue weighted by Gasteiger charge is -2.25. The zero-order valence-corrected chi connectivity index (χ0v) is 17.1. The average molecular weight is 380 g/mol. The number of unbranched alkanes of at least 4 members (excludes halogenated alkanes) is 2. The molecule has 1 atom stereocenters. The van der Waals surface area contributed by atoms with Gasteiger partial charge >= 0.3 is 0 Å². The number of methoxy groups -OCH3 is 1. The Bertz CT molecular complexity index is 611. The monoisotopic (exact) mass is 379 g/mol. The van der Waals surface area contributed by atoms with Gasteiger partial charge in [0.1, 0.15) is 18.0 Å². The van der Waals surface area contributed by atoms with Crippen molar-refractivity contribution in [2.45, 2.75) is 65.0 Å². The highest BCUT2D eigenvalue weighted by Gasteiger charge is 2.31. The van der Waals surface area contributed by atoms with Gasteiger partial charge in [-0.3, -0.25) is 14.6 Å². The highest BCUT2D eigenvalue weighted by molar-refractivity contribution is 5.92. The molecule has 0 aliphatic rings. The summed E-state index contributed by atoms with van der Waals surface area (Å²) in [6.45, 7) is 7.57. The van der Waals surface area contributed by atoms with E-state index in [2.05, 4.69) is 10.3 Å². The largest absolute Gasteiger partial charge is 0.486 e. The fraction of sp³-hybridized carbons (Fsp3) is 0.650. The van der Waals surface area contributed by atoms with Crippen molar-refractivity contribution in [3.05, 3.63) is 23.5 Å². The maximum atomic E-state index is 12.7. The second-order valence-electron chi connectivity index (χ2n) is 7.22. The van der Waals surface area contributed by atoms with Gasteiger partial charge in [-0.15, -0.1) is 0 Å². The summed E-state index contributed by atoms with van der Waals surface area (Å²) in [5.41, 5.74) is 6.17. The normalized spacial score (nSPS) is 12.5. The molecule has 3 N–H and O–H groups in total. The van der Waals surface area contributed by atoms with E-state index in [1.165, 1.54) is 7.11 Å². The van der Waals surface area contributed by atoms with E-state index in [4.69, 9.17) is 15.2 Å². The SMILES string of the molecule is COC(C)(C)C(=O)N[C@@H](CCCCCN)C(=O)COc1cc(C)nc(C)c1. The number of Topliss-reactive ketones (excluding diaryl/α,β-unsaturated/α-hetero) is 1. The molecular formula is C20H33N3O4. The quantitative estimate of drug-likeness (QED) is 0.539. The summed E-state index contributed by atoms with van der Waals surface area (Å²) in [5, 5.41) is 2.81. The van der Waals surface area contributed by atoms with Gasteiger partial charge in [0.15, 0.2) is 5.78 Å². The molecule has 0 fully saturated rings. The zero-order chi connectivity index (χ0) is 20.4. The van der Waals surface area contributed by atoms with Crippen LogP contribution in [0.25, 0.3) is 0 Å². The molecule has 0 aliphatic heterocycles. The molecule has 7 nitrogen and oxygen atoms in total. The van der Waals surface area contributed by atoms with Crippen LogP contribution in [0, 0.1) is 13.8 Å². The molecule has 0 unspecified atom stereocenters. The van der Waals surface area contributed by atoms with Crippen molar-refractivity contribution in [3.63, 3.8) is 0 Å². The Hall–Kier alpha value is -1.99. The van der Waals surface area contributed by atoms with E-state index in [-0.39, 0.29) is 18.3 Å². The van der Waals surface area contributed by atoms with E-state index in [1.807, 2.05) is 13.8 Å². The number of hydrogen-bond donors (Lipinski definition) is 2. The molecule has 1 rings (SSSR count). The van der Waals surface area contributed by atoms with Gasteiger partial charge < -0.3 is 20.5 Å². The third kappa shape index (κ3) is 8.05.